The number of urea groups is 1. The molecule has 130 valence electrons. The van der Waals surface area contributed by atoms with Crippen molar-refractivity contribution in [1.29, 1.82) is 0 Å². The van der Waals surface area contributed by atoms with Crippen LogP contribution in [0.3, 0.4) is 0 Å². The Morgan fingerprint density at radius 3 is 2.16 bits per heavy atom. The summed E-state index contributed by atoms with van der Waals surface area (Å²) in [4.78, 5) is 12.0. The van der Waals surface area contributed by atoms with Crippen molar-refractivity contribution in [3.63, 3.8) is 0 Å². The maximum absolute atomic E-state index is 12.0. The highest BCUT2D eigenvalue weighted by atomic mass is 128. The third kappa shape index (κ3) is 6.48. The highest BCUT2D eigenvalue weighted by molar-refractivity contribution is 15.0. The van der Waals surface area contributed by atoms with E-state index in [2.05, 4.69) is 47.9 Å². The maximum Gasteiger partial charge on any atom is 0.324 e. The van der Waals surface area contributed by atoms with Gasteiger partial charge in [-0.3, -0.25) is 5.32 Å². The van der Waals surface area contributed by atoms with Crippen molar-refractivity contribution in [1.82, 2.24) is 0 Å². The standard InChI is InChI=1S/C18H16N2O2S.I2/c1-13-11-12-23-17(13)20-18(21)19-14-7-9-16(10-8-14)22-15-5-3-2-4-6-15;1-2/h2-12H,1H3,(H2,19,20,21);. The van der Waals surface area contributed by atoms with E-state index in [-0.39, 0.29) is 6.03 Å². The molecule has 0 unspecified atom stereocenters. The van der Waals surface area contributed by atoms with Gasteiger partial charge >= 0.3 is 6.03 Å². The summed E-state index contributed by atoms with van der Waals surface area (Å²) in [5, 5.41) is 8.43. The predicted octanol–water partition coefficient (Wildman–Crippen LogP) is 7.26. The number of para-hydroxylation sites is 1. The van der Waals surface area contributed by atoms with Gasteiger partial charge in [-0.05, 0) is 60.3 Å². The molecule has 0 spiro atoms. The van der Waals surface area contributed by atoms with Crippen molar-refractivity contribution in [3.05, 3.63) is 71.6 Å². The van der Waals surface area contributed by atoms with Crippen LogP contribution in [0.2, 0.25) is 0 Å². The lowest BCUT2D eigenvalue weighted by Crippen LogP contribution is -2.19. The van der Waals surface area contributed by atoms with E-state index in [9.17, 15) is 4.79 Å². The smallest absolute Gasteiger partial charge is 0.324 e. The number of amides is 2. The van der Waals surface area contributed by atoms with Crippen molar-refractivity contribution in [2.24, 2.45) is 0 Å². The van der Waals surface area contributed by atoms with Crippen molar-refractivity contribution in [2.75, 3.05) is 10.6 Å². The average Bonchev–Trinajstić information content (AvgIpc) is 3.04. The number of hydrogen-bond donors (Lipinski definition) is 2. The summed E-state index contributed by atoms with van der Waals surface area (Å²) in [5.41, 5.74) is 1.76. The molecule has 0 bridgehead atoms. The van der Waals surface area contributed by atoms with Crippen LogP contribution in [0.15, 0.2) is 66.0 Å². The first-order chi connectivity index (χ1) is 12.2. The second kappa shape index (κ2) is 10.6. The van der Waals surface area contributed by atoms with Crippen molar-refractivity contribution < 1.29 is 9.53 Å². The molecule has 0 radical (unpaired) electrons. The minimum absolute atomic E-state index is 0.257. The van der Waals surface area contributed by atoms with Gasteiger partial charge in [0.05, 0.1) is 5.00 Å². The molecule has 0 aliphatic carbocycles. The first kappa shape index (κ1) is 20.0. The molecule has 2 N–H and O–H groups in total. The Morgan fingerprint density at radius 1 is 0.920 bits per heavy atom. The van der Waals surface area contributed by atoms with Crippen LogP contribution < -0.4 is 15.4 Å². The zero-order valence-corrected chi connectivity index (χ0v) is 18.5. The normalized spacial score (nSPS) is 9.56. The van der Waals surface area contributed by atoms with Gasteiger partial charge in [0.2, 0.25) is 0 Å². The monoisotopic (exact) mass is 578 g/mol. The molecule has 3 rings (SSSR count). The molecule has 0 saturated carbocycles. The summed E-state index contributed by atoms with van der Waals surface area (Å²) in [5.74, 6) is 1.50. The summed E-state index contributed by atoms with van der Waals surface area (Å²) < 4.78 is 5.71. The Balaban J connectivity index is 0.00000109. The Hall–Kier alpha value is -1.33. The Labute approximate surface area is 174 Å². The molecule has 2 aromatic carbocycles. The van der Waals surface area contributed by atoms with E-state index in [0.29, 0.717) is 5.69 Å². The topological polar surface area (TPSA) is 50.4 Å². The van der Waals surface area contributed by atoms with Crippen LogP contribution in [0.25, 0.3) is 0 Å². The second-order valence-electron chi connectivity index (χ2n) is 4.95. The van der Waals surface area contributed by atoms with Gasteiger partial charge in [-0.1, -0.05) is 18.2 Å². The third-order valence-corrected chi connectivity index (χ3v) is 4.11. The average molecular weight is 578 g/mol. The number of rotatable bonds is 4. The third-order valence-electron chi connectivity index (χ3n) is 3.18. The van der Waals surface area contributed by atoms with Gasteiger partial charge in [-0.25, -0.2) is 4.79 Å². The van der Waals surface area contributed by atoms with Crippen molar-refractivity contribution in [2.45, 2.75) is 6.92 Å². The lowest BCUT2D eigenvalue weighted by Gasteiger charge is -2.09. The highest BCUT2D eigenvalue weighted by Crippen LogP contribution is 2.24. The summed E-state index contributed by atoms with van der Waals surface area (Å²) >= 11 is 5.74. The number of benzene rings is 2. The van der Waals surface area contributed by atoms with Crippen LogP contribution in [0.5, 0.6) is 11.5 Å². The number of carbonyl (C=O) groups is 1. The zero-order chi connectivity index (χ0) is 18.1. The van der Waals surface area contributed by atoms with E-state index in [1.807, 2.05) is 60.8 Å². The number of carbonyl (C=O) groups excluding carboxylic acids is 1. The number of anilines is 2. The second-order valence-corrected chi connectivity index (χ2v) is 5.87. The first-order valence-corrected chi connectivity index (χ1v) is 14.5. The fraction of sp³-hybridized carbons (Fsp3) is 0.0556. The fourth-order valence-corrected chi connectivity index (χ4v) is 2.81. The van der Waals surface area contributed by atoms with Crippen LogP contribution in [0.4, 0.5) is 15.5 Å². The maximum atomic E-state index is 12.0. The van der Waals surface area contributed by atoms with E-state index >= 15 is 0 Å². The zero-order valence-electron chi connectivity index (χ0n) is 13.3. The van der Waals surface area contributed by atoms with Gasteiger partial charge in [0, 0.05) is 42.9 Å². The molecule has 1 heterocycles. The summed E-state index contributed by atoms with van der Waals surface area (Å²) in [7, 11) is 0. The van der Waals surface area contributed by atoms with Gasteiger partial charge in [-0.2, -0.15) is 0 Å². The Bertz CT molecular complexity index is 792. The minimum Gasteiger partial charge on any atom is -0.457 e. The molecule has 0 aliphatic rings. The van der Waals surface area contributed by atoms with Crippen LogP contribution >= 0.6 is 48.6 Å². The number of hydrogen-bond acceptors (Lipinski definition) is 3. The van der Waals surface area contributed by atoms with E-state index in [1.165, 1.54) is 11.3 Å². The quantitative estimate of drug-likeness (QED) is 0.321. The van der Waals surface area contributed by atoms with E-state index < -0.39 is 0 Å². The molecule has 4 nitrogen and oxygen atoms in total. The summed E-state index contributed by atoms with van der Waals surface area (Å²) in [6.07, 6.45) is 0. The Morgan fingerprint density at radius 2 is 1.56 bits per heavy atom. The van der Waals surface area contributed by atoms with Crippen molar-refractivity contribution in [3.8, 4) is 11.5 Å². The molecule has 7 heteroatoms. The van der Waals surface area contributed by atoms with Gasteiger partial charge in [-0.15, -0.1) is 11.3 Å². The number of nitrogens with one attached hydrogen (secondary N) is 2. The van der Waals surface area contributed by atoms with Crippen LogP contribution in [0, 0.1) is 6.92 Å². The predicted molar refractivity (Wildman–Crippen MR) is 123 cm³/mol. The molecular formula is C18H16I2N2O2S. The summed E-state index contributed by atoms with van der Waals surface area (Å²) in [6.45, 7) is 1.96. The molecule has 0 saturated heterocycles. The molecule has 0 aliphatic heterocycles. The highest BCUT2D eigenvalue weighted by Gasteiger charge is 2.06. The van der Waals surface area contributed by atoms with Gasteiger partial charge < -0.3 is 10.1 Å². The molecule has 2 amide bonds. The van der Waals surface area contributed by atoms with Crippen LogP contribution in [-0.2, 0) is 0 Å². The van der Waals surface area contributed by atoms with Gasteiger partial charge in [0.25, 0.3) is 0 Å². The van der Waals surface area contributed by atoms with Crippen LogP contribution in [-0.4, -0.2) is 6.03 Å². The lowest BCUT2D eigenvalue weighted by atomic mass is 10.3. The SMILES string of the molecule is Cc1ccsc1NC(=O)Nc1ccc(Oc2ccccc2)cc1.II. The van der Waals surface area contributed by atoms with E-state index in [0.717, 1.165) is 22.1 Å². The molecule has 0 atom stereocenters. The number of halogens is 2. The number of aryl methyl sites for hydroxylation is 1. The Kier molecular flexibility index (Phi) is 8.49. The molecule has 25 heavy (non-hydrogen) atoms. The minimum atomic E-state index is -0.257. The fourth-order valence-electron chi connectivity index (χ4n) is 2.00. The molecule has 0 fully saturated rings. The molecular weight excluding hydrogens is 562 g/mol. The van der Waals surface area contributed by atoms with Gasteiger partial charge in [0.15, 0.2) is 0 Å². The largest absolute Gasteiger partial charge is 0.457 e. The van der Waals surface area contributed by atoms with Gasteiger partial charge in [0.1, 0.15) is 11.5 Å². The van der Waals surface area contributed by atoms with Crippen molar-refractivity contribution >= 4 is 65.3 Å². The number of thiophene rings is 1. The summed E-state index contributed by atoms with van der Waals surface area (Å²) in [6, 6.07) is 18.5. The lowest BCUT2D eigenvalue weighted by molar-refractivity contribution is 0.262. The number of ether oxygens (including phenoxy) is 1. The van der Waals surface area contributed by atoms with E-state index in [1.54, 1.807) is 12.1 Å². The first-order valence-electron chi connectivity index (χ1n) is 7.30. The molecule has 1 aromatic heterocycles. The van der Waals surface area contributed by atoms with Crippen LogP contribution in [0.1, 0.15) is 5.56 Å². The van der Waals surface area contributed by atoms with E-state index in [4.69, 9.17) is 4.74 Å². The molecule has 3 aromatic rings.